The van der Waals surface area contributed by atoms with Crippen molar-refractivity contribution in [3.63, 3.8) is 0 Å². The number of hydrogen-bond donors (Lipinski definition) is 2. The lowest BCUT2D eigenvalue weighted by atomic mass is 10.1. The van der Waals surface area contributed by atoms with E-state index in [4.69, 9.17) is 23.2 Å². The molecular formula is C15H10Cl2N2O2S. The van der Waals surface area contributed by atoms with E-state index < -0.39 is 0 Å². The van der Waals surface area contributed by atoms with Crippen LogP contribution in [0.3, 0.4) is 0 Å². The molecule has 1 heterocycles. The molecule has 1 aliphatic heterocycles. The number of halogens is 2. The molecule has 0 aliphatic carbocycles. The van der Waals surface area contributed by atoms with E-state index in [1.807, 2.05) is 6.07 Å². The molecule has 0 saturated carbocycles. The maximum Gasteiger partial charge on any atom is 0.255 e. The van der Waals surface area contributed by atoms with Gasteiger partial charge < -0.3 is 10.6 Å². The van der Waals surface area contributed by atoms with Crippen LogP contribution in [0.2, 0.25) is 10.0 Å². The fourth-order valence-corrected chi connectivity index (χ4v) is 3.09. The van der Waals surface area contributed by atoms with Gasteiger partial charge in [0.25, 0.3) is 5.91 Å². The summed E-state index contributed by atoms with van der Waals surface area (Å²) in [5.74, 6) is 0.0347. The van der Waals surface area contributed by atoms with Crippen LogP contribution in [0.25, 0.3) is 0 Å². The summed E-state index contributed by atoms with van der Waals surface area (Å²) < 4.78 is 0. The van der Waals surface area contributed by atoms with E-state index in [-0.39, 0.29) is 11.8 Å². The molecule has 2 aromatic carbocycles. The molecule has 0 aromatic heterocycles. The fourth-order valence-electron chi connectivity index (χ4n) is 2.00. The number of amides is 2. The Kier molecular flexibility index (Phi) is 4.29. The van der Waals surface area contributed by atoms with Gasteiger partial charge in [-0.3, -0.25) is 9.59 Å². The fraction of sp³-hybridized carbons (Fsp3) is 0.0667. The van der Waals surface area contributed by atoms with Crippen LogP contribution < -0.4 is 10.6 Å². The second-order valence-electron chi connectivity index (χ2n) is 4.63. The summed E-state index contributed by atoms with van der Waals surface area (Å²) in [5, 5.41) is 6.29. The third-order valence-electron chi connectivity index (χ3n) is 3.05. The molecule has 1 aliphatic rings. The van der Waals surface area contributed by atoms with Crippen molar-refractivity contribution in [3.05, 3.63) is 52.0 Å². The number of thioether (sulfide) groups is 1. The molecule has 3 rings (SSSR count). The van der Waals surface area contributed by atoms with Crippen molar-refractivity contribution >= 4 is 58.2 Å². The first kappa shape index (κ1) is 15.2. The van der Waals surface area contributed by atoms with E-state index in [2.05, 4.69) is 10.6 Å². The molecule has 0 atom stereocenters. The highest BCUT2D eigenvalue weighted by molar-refractivity contribution is 8.00. The zero-order chi connectivity index (χ0) is 15.7. The zero-order valence-corrected chi connectivity index (χ0v) is 13.5. The second-order valence-corrected chi connectivity index (χ2v) is 6.46. The van der Waals surface area contributed by atoms with Crippen molar-refractivity contribution in [3.8, 4) is 0 Å². The molecule has 0 radical (unpaired) electrons. The topological polar surface area (TPSA) is 58.2 Å². The van der Waals surface area contributed by atoms with E-state index in [0.29, 0.717) is 32.7 Å². The third kappa shape index (κ3) is 3.21. The summed E-state index contributed by atoms with van der Waals surface area (Å²) >= 11 is 13.2. The molecule has 4 nitrogen and oxygen atoms in total. The van der Waals surface area contributed by atoms with Crippen LogP contribution in [0, 0.1) is 0 Å². The number of carbonyl (C=O) groups excluding carboxylic acids is 2. The molecule has 2 N–H and O–H groups in total. The molecule has 0 fully saturated rings. The monoisotopic (exact) mass is 352 g/mol. The molecule has 0 bridgehead atoms. The van der Waals surface area contributed by atoms with Crippen LogP contribution in [0.1, 0.15) is 10.4 Å². The van der Waals surface area contributed by atoms with Crippen LogP contribution in [0.4, 0.5) is 11.4 Å². The van der Waals surface area contributed by atoms with E-state index >= 15 is 0 Å². The van der Waals surface area contributed by atoms with E-state index in [1.165, 1.54) is 11.8 Å². The average Bonchev–Trinajstić information content (AvgIpc) is 2.50. The first-order chi connectivity index (χ1) is 10.5. The Morgan fingerprint density at radius 2 is 1.95 bits per heavy atom. The Morgan fingerprint density at radius 1 is 1.14 bits per heavy atom. The van der Waals surface area contributed by atoms with Crippen molar-refractivity contribution in [2.45, 2.75) is 4.90 Å². The van der Waals surface area contributed by atoms with Crippen LogP contribution >= 0.6 is 35.0 Å². The number of benzene rings is 2. The minimum absolute atomic E-state index is 0.0699. The molecule has 0 unspecified atom stereocenters. The van der Waals surface area contributed by atoms with E-state index in [1.54, 1.807) is 30.3 Å². The van der Waals surface area contributed by atoms with Crippen molar-refractivity contribution in [2.75, 3.05) is 16.4 Å². The summed E-state index contributed by atoms with van der Waals surface area (Å²) in [7, 11) is 0. The Bertz CT molecular complexity index is 780. The maximum absolute atomic E-state index is 12.3. The Labute approximate surface area is 141 Å². The van der Waals surface area contributed by atoms with Crippen molar-refractivity contribution in [1.82, 2.24) is 0 Å². The molecule has 0 saturated heterocycles. The molecule has 0 spiro atoms. The van der Waals surface area contributed by atoms with Gasteiger partial charge in [0.2, 0.25) is 5.91 Å². The van der Waals surface area contributed by atoms with Gasteiger partial charge in [-0.2, -0.15) is 0 Å². The van der Waals surface area contributed by atoms with Gasteiger partial charge >= 0.3 is 0 Å². The highest BCUT2D eigenvalue weighted by Crippen LogP contribution is 2.32. The van der Waals surface area contributed by atoms with Gasteiger partial charge in [-0.25, -0.2) is 0 Å². The maximum atomic E-state index is 12.3. The smallest absolute Gasteiger partial charge is 0.255 e. The summed E-state index contributed by atoms with van der Waals surface area (Å²) in [5.41, 5.74) is 1.66. The quantitative estimate of drug-likeness (QED) is 0.847. The normalized spacial score (nSPS) is 13.3. The summed E-state index contributed by atoms with van der Waals surface area (Å²) in [6.45, 7) is 0. The predicted molar refractivity (Wildman–Crippen MR) is 90.2 cm³/mol. The van der Waals surface area contributed by atoms with Crippen molar-refractivity contribution < 1.29 is 9.59 Å². The number of nitrogens with one attached hydrogen (secondary N) is 2. The molecule has 2 amide bonds. The lowest BCUT2D eigenvalue weighted by Gasteiger charge is -2.17. The average molecular weight is 353 g/mol. The SMILES string of the molecule is O=C1CSc2ccc(C(=O)Nc3ccc(Cl)c(Cl)c3)cc2N1. The summed E-state index contributed by atoms with van der Waals surface area (Å²) in [6, 6.07) is 10.1. The van der Waals surface area contributed by atoms with Crippen molar-refractivity contribution in [2.24, 2.45) is 0 Å². The first-order valence-corrected chi connectivity index (χ1v) is 8.10. The lowest BCUT2D eigenvalue weighted by molar-refractivity contribution is -0.113. The number of fused-ring (bicyclic) bond motifs is 1. The number of rotatable bonds is 2. The highest BCUT2D eigenvalue weighted by atomic mass is 35.5. The molecule has 22 heavy (non-hydrogen) atoms. The second kappa shape index (κ2) is 6.20. The van der Waals surface area contributed by atoms with Crippen LogP contribution in [0.15, 0.2) is 41.3 Å². The van der Waals surface area contributed by atoms with Gasteiger partial charge in [0.15, 0.2) is 0 Å². The number of hydrogen-bond acceptors (Lipinski definition) is 3. The Morgan fingerprint density at radius 3 is 2.73 bits per heavy atom. The minimum Gasteiger partial charge on any atom is -0.324 e. The molecular weight excluding hydrogens is 343 g/mol. The Balaban J connectivity index is 1.81. The van der Waals surface area contributed by atoms with Crippen molar-refractivity contribution in [1.29, 1.82) is 0 Å². The van der Waals surface area contributed by atoms with Gasteiger partial charge in [0.1, 0.15) is 0 Å². The van der Waals surface area contributed by atoms with Gasteiger partial charge in [0.05, 0.1) is 21.5 Å². The zero-order valence-electron chi connectivity index (χ0n) is 11.2. The van der Waals surface area contributed by atoms with Crippen LogP contribution in [-0.4, -0.2) is 17.6 Å². The number of anilines is 2. The third-order valence-corrected chi connectivity index (χ3v) is 4.86. The minimum atomic E-state index is -0.286. The molecule has 7 heteroatoms. The van der Waals surface area contributed by atoms with Gasteiger partial charge in [-0.1, -0.05) is 23.2 Å². The summed E-state index contributed by atoms with van der Waals surface area (Å²) in [4.78, 5) is 24.6. The summed E-state index contributed by atoms with van der Waals surface area (Å²) in [6.07, 6.45) is 0. The largest absolute Gasteiger partial charge is 0.324 e. The standard InChI is InChI=1S/C15H10Cl2N2O2S/c16-10-3-2-9(6-11(10)17)18-15(21)8-1-4-13-12(5-8)19-14(20)7-22-13/h1-6H,7H2,(H,18,21)(H,19,20). The number of carbonyl (C=O) groups is 2. The molecule has 2 aromatic rings. The highest BCUT2D eigenvalue weighted by Gasteiger charge is 2.17. The first-order valence-electron chi connectivity index (χ1n) is 6.36. The Hall–Kier alpha value is -1.69. The molecule has 112 valence electrons. The van der Waals surface area contributed by atoms with Gasteiger partial charge in [-0.05, 0) is 36.4 Å². The van der Waals surface area contributed by atoms with Gasteiger partial charge in [0, 0.05) is 16.1 Å². The van der Waals surface area contributed by atoms with E-state index in [9.17, 15) is 9.59 Å². The van der Waals surface area contributed by atoms with Crippen LogP contribution in [-0.2, 0) is 4.79 Å². The van der Waals surface area contributed by atoms with Crippen LogP contribution in [0.5, 0.6) is 0 Å². The predicted octanol–water partition coefficient (Wildman–Crippen LogP) is 4.29. The lowest BCUT2D eigenvalue weighted by Crippen LogP contribution is -2.19. The van der Waals surface area contributed by atoms with E-state index in [0.717, 1.165) is 4.90 Å². The van der Waals surface area contributed by atoms with Gasteiger partial charge in [-0.15, -0.1) is 11.8 Å².